The number of aryl methyl sites for hydroxylation is 1. The minimum atomic E-state index is -5.08. The number of carboxylic acids is 1. The molecule has 2 aromatic carbocycles. The standard InChI is InChI=1S/C23H24ClN3O3S.C2HF3O2/c1-16-11-18(24)13-22(23(16)30-20-7-9-25-10-8-20)17-12-19(15-26-14-17)27-31(28,29)21-5-3-2-4-6-21;3-2(4,5)1(6)7/h2-6,11-15,20,25,27H,7-10H2,1H3;(H,6,7). The molecule has 0 atom stereocenters. The summed E-state index contributed by atoms with van der Waals surface area (Å²) < 4.78 is 66.1. The summed E-state index contributed by atoms with van der Waals surface area (Å²) in [6.07, 6.45) is 0.0515. The summed E-state index contributed by atoms with van der Waals surface area (Å²) in [6, 6.07) is 13.7. The van der Waals surface area contributed by atoms with Crippen LogP contribution < -0.4 is 14.8 Å². The third kappa shape index (κ3) is 8.07. The number of sulfonamides is 1. The smallest absolute Gasteiger partial charge is 0.489 e. The molecule has 2 heterocycles. The number of pyridine rings is 1. The molecule has 13 heteroatoms. The Morgan fingerprint density at radius 1 is 1.13 bits per heavy atom. The monoisotopic (exact) mass is 571 g/mol. The van der Waals surface area contributed by atoms with E-state index in [2.05, 4.69) is 15.0 Å². The second-order valence-electron chi connectivity index (χ2n) is 8.35. The van der Waals surface area contributed by atoms with Gasteiger partial charge in [0.25, 0.3) is 10.0 Å². The number of aliphatic carboxylic acids is 1. The maximum atomic E-state index is 12.7. The molecule has 0 spiro atoms. The number of carboxylic acid groups (broad SMARTS) is 1. The number of alkyl halides is 3. The van der Waals surface area contributed by atoms with E-state index in [1.54, 1.807) is 42.6 Å². The van der Waals surface area contributed by atoms with Crippen molar-refractivity contribution in [1.29, 1.82) is 0 Å². The average molecular weight is 572 g/mol. The topological polar surface area (TPSA) is 118 Å². The Balaban J connectivity index is 0.000000505. The fourth-order valence-electron chi connectivity index (χ4n) is 3.64. The molecule has 3 aromatic rings. The van der Waals surface area contributed by atoms with E-state index in [-0.39, 0.29) is 11.0 Å². The first-order valence-corrected chi connectivity index (χ1v) is 13.2. The molecule has 8 nitrogen and oxygen atoms in total. The Morgan fingerprint density at radius 2 is 1.76 bits per heavy atom. The molecule has 0 unspecified atom stereocenters. The highest BCUT2D eigenvalue weighted by molar-refractivity contribution is 7.92. The average Bonchev–Trinajstić information content (AvgIpc) is 2.86. The van der Waals surface area contributed by atoms with Crippen molar-refractivity contribution in [1.82, 2.24) is 10.3 Å². The Bertz CT molecular complexity index is 1370. The van der Waals surface area contributed by atoms with Gasteiger partial charge in [-0.1, -0.05) is 29.8 Å². The van der Waals surface area contributed by atoms with Crippen LogP contribution >= 0.6 is 11.6 Å². The largest absolute Gasteiger partial charge is 0.490 e. The quantitative estimate of drug-likeness (QED) is 0.369. The van der Waals surface area contributed by atoms with Gasteiger partial charge in [-0.3, -0.25) is 9.71 Å². The minimum absolute atomic E-state index is 0.118. The Kier molecular flexibility index (Phi) is 9.58. The van der Waals surface area contributed by atoms with E-state index in [9.17, 15) is 21.6 Å². The Labute approximate surface area is 222 Å². The fraction of sp³-hybridized carbons (Fsp3) is 0.280. The molecule has 204 valence electrons. The lowest BCUT2D eigenvalue weighted by molar-refractivity contribution is -0.192. The second-order valence-corrected chi connectivity index (χ2v) is 10.5. The number of hydrogen-bond acceptors (Lipinski definition) is 6. The van der Waals surface area contributed by atoms with Gasteiger partial charge in [0.1, 0.15) is 11.9 Å². The van der Waals surface area contributed by atoms with Crippen molar-refractivity contribution >= 4 is 33.3 Å². The molecular weight excluding hydrogens is 547 g/mol. The molecule has 1 aliphatic heterocycles. The van der Waals surface area contributed by atoms with Gasteiger partial charge in [0, 0.05) is 22.3 Å². The Hall–Kier alpha value is -3.35. The molecule has 1 aliphatic rings. The van der Waals surface area contributed by atoms with Crippen LogP contribution in [0.4, 0.5) is 18.9 Å². The number of nitrogens with zero attached hydrogens (tertiary/aromatic N) is 1. The van der Waals surface area contributed by atoms with Crippen LogP contribution in [0.3, 0.4) is 0 Å². The first-order chi connectivity index (χ1) is 17.9. The molecule has 0 bridgehead atoms. The summed E-state index contributed by atoms with van der Waals surface area (Å²) in [4.78, 5) is 13.3. The summed E-state index contributed by atoms with van der Waals surface area (Å²) in [7, 11) is -3.72. The van der Waals surface area contributed by atoms with Crippen molar-refractivity contribution in [3.63, 3.8) is 0 Å². The van der Waals surface area contributed by atoms with E-state index < -0.39 is 22.2 Å². The van der Waals surface area contributed by atoms with Crippen molar-refractivity contribution < 1.29 is 36.2 Å². The zero-order valence-corrected chi connectivity index (χ0v) is 21.7. The summed E-state index contributed by atoms with van der Waals surface area (Å²) in [5.41, 5.74) is 2.81. The summed E-state index contributed by atoms with van der Waals surface area (Å²) >= 11 is 6.34. The lowest BCUT2D eigenvalue weighted by Crippen LogP contribution is -2.34. The first kappa shape index (κ1) is 29.2. The van der Waals surface area contributed by atoms with Crippen LogP contribution in [0.5, 0.6) is 5.75 Å². The number of halogens is 4. The normalized spacial score (nSPS) is 14.2. The third-order valence-electron chi connectivity index (χ3n) is 5.41. The van der Waals surface area contributed by atoms with Crippen LogP contribution in [0, 0.1) is 6.92 Å². The van der Waals surface area contributed by atoms with E-state index in [1.807, 2.05) is 19.1 Å². The zero-order chi connectivity index (χ0) is 27.9. The number of ether oxygens (including phenoxy) is 1. The second kappa shape index (κ2) is 12.5. The number of aromatic nitrogens is 1. The maximum absolute atomic E-state index is 12.7. The van der Waals surface area contributed by atoms with Crippen molar-refractivity contribution in [2.75, 3.05) is 17.8 Å². The van der Waals surface area contributed by atoms with Crippen LogP contribution in [-0.4, -0.2) is 49.8 Å². The van der Waals surface area contributed by atoms with Crippen LogP contribution in [-0.2, 0) is 14.8 Å². The van der Waals surface area contributed by atoms with Gasteiger partial charge in [0.2, 0.25) is 0 Å². The van der Waals surface area contributed by atoms with Gasteiger partial charge < -0.3 is 15.2 Å². The lowest BCUT2D eigenvalue weighted by atomic mass is 10.0. The predicted octanol–water partition coefficient (Wildman–Crippen LogP) is 5.28. The summed E-state index contributed by atoms with van der Waals surface area (Å²) in [5, 5.41) is 11.0. The molecule has 1 saturated heterocycles. The Morgan fingerprint density at radius 3 is 2.37 bits per heavy atom. The van der Waals surface area contributed by atoms with Crippen molar-refractivity contribution in [3.8, 4) is 16.9 Å². The van der Waals surface area contributed by atoms with Crippen LogP contribution in [0.15, 0.2) is 65.8 Å². The minimum Gasteiger partial charge on any atom is -0.489 e. The van der Waals surface area contributed by atoms with Gasteiger partial charge in [-0.2, -0.15) is 13.2 Å². The molecule has 1 fully saturated rings. The number of hydrogen-bond donors (Lipinski definition) is 3. The van der Waals surface area contributed by atoms with E-state index in [0.29, 0.717) is 10.7 Å². The van der Waals surface area contributed by atoms with Crippen LogP contribution in [0.2, 0.25) is 5.02 Å². The van der Waals surface area contributed by atoms with E-state index in [0.717, 1.165) is 48.4 Å². The molecule has 38 heavy (non-hydrogen) atoms. The third-order valence-corrected chi connectivity index (χ3v) is 7.02. The van der Waals surface area contributed by atoms with E-state index >= 15 is 0 Å². The van der Waals surface area contributed by atoms with Crippen LogP contribution in [0.25, 0.3) is 11.1 Å². The highest BCUT2D eigenvalue weighted by atomic mass is 35.5. The first-order valence-electron chi connectivity index (χ1n) is 11.4. The highest BCUT2D eigenvalue weighted by Crippen LogP contribution is 2.38. The fourth-order valence-corrected chi connectivity index (χ4v) is 4.97. The molecule has 0 aliphatic carbocycles. The molecular formula is C25H25ClF3N3O5S. The molecule has 0 radical (unpaired) electrons. The number of benzene rings is 2. The lowest BCUT2D eigenvalue weighted by Gasteiger charge is -2.26. The number of rotatable bonds is 6. The van der Waals surface area contributed by atoms with E-state index in [1.165, 1.54) is 6.20 Å². The van der Waals surface area contributed by atoms with E-state index in [4.69, 9.17) is 26.2 Å². The van der Waals surface area contributed by atoms with Gasteiger partial charge >= 0.3 is 12.1 Å². The van der Waals surface area contributed by atoms with Gasteiger partial charge in [-0.05, 0) is 68.8 Å². The van der Waals surface area contributed by atoms with Crippen molar-refractivity contribution in [2.45, 2.75) is 36.9 Å². The van der Waals surface area contributed by atoms with Crippen LogP contribution in [0.1, 0.15) is 18.4 Å². The number of carbonyl (C=O) groups is 1. The van der Waals surface area contributed by atoms with Gasteiger partial charge in [0.15, 0.2) is 0 Å². The van der Waals surface area contributed by atoms with Crippen molar-refractivity contribution in [3.05, 3.63) is 71.5 Å². The summed E-state index contributed by atoms with van der Waals surface area (Å²) in [6.45, 7) is 3.80. The van der Waals surface area contributed by atoms with Crippen molar-refractivity contribution in [2.24, 2.45) is 0 Å². The predicted molar refractivity (Wildman–Crippen MR) is 137 cm³/mol. The maximum Gasteiger partial charge on any atom is 0.490 e. The number of piperidine rings is 1. The summed E-state index contributed by atoms with van der Waals surface area (Å²) in [5.74, 6) is -2.01. The van der Waals surface area contributed by atoms with Gasteiger partial charge in [-0.25, -0.2) is 13.2 Å². The van der Waals surface area contributed by atoms with Gasteiger partial charge in [-0.15, -0.1) is 0 Å². The number of anilines is 1. The highest BCUT2D eigenvalue weighted by Gasteiger charge is 2.38. The molecule has 0 saturated carbocycles. The van der Waals surface area contributed by atoms with Gasteiger partial charge in [0.05, 0.1) is 16.8 Å². The molecule has 3 N–H and O–H groups in total. The zero-order valence-electron chi connectivity index (χ0n) is 20.1. The molecule has 0 amide bonds. The number of nitrogens with one attached hydrogen (secondary N) is 2. The SMILES string of the molecule is Cc1cc(Cl)cc(-c2cncc(NS(=O)(=O)c3ccccc3)c2)c1OC1CCNCC1.O=C(O)C(F)(F)F. The molecule has 4 rings (SSSR count). The molecule has 1 aromatic heterocycles.